The number of pyridine rings is 1. The Kier molecular flexibility index (Phi) is 5.37. The predicted molar refractivity (Wildman–Crippen MR) is 117 cm³/mol. The fraction of sp³-hybridized carbons (Fsp3) is 0.190. The van der Waals surface area contributed by atoms with Crippen molar-refractivity contribution < 1.29 is 14.3 Å². The summed E-state index contributed by atoms with van der Waals surface area (Å²) >= 11 is 1.25. The van der Waals surface area contributed by atoms with E-state index in [9.17, 15) is 4.79 Å². The Morgan fingerprint density at radius 2 is 1.93 bits per heavy atom. The highest BCUT2D eigenvalue weighted by Crippen LogP contribution is 2.33. The molecule has 0 saturated carbocycles. The summed E-state index contributed by atoms with van der Waals surface area (Å²) in [6, 6.07) is 8.98. The number of rotatable bonds is 5. The van der Waals surface area contributed by atoms with Crippen molar-refractivity contribution in [3.05, 3.63) is 59.4 Å². The van der Waals surface area contributed by atoms with E-state index in [2.05, 4.69) is 15.1 Å². The number of hydrogen-bond acceptors (Lipinski definition) is 7. The highest BCUT2D eigenvalue weighted by Gasteiger charge is 2.36. The summed E-state index contributed by atoms with van der Waals surface area (Å²) in [6.45, 7) is 3.86. The van der Waals surface area contributed by atoms with Gasteiger partial charge in [0.2, 0.25) is 5.17 Å². The number of hydrogen-bond donors (Lipinski definition) is 1. The Balaban J connectivity index is 1.65. The molecule has 2 aliphatic rings. The first-order valence-electron chi connectivity index (χ1n) is 9.21. The molecule has 0 saturated heterocycles. The molecule has 0 radical (unpaired) electrons. The van der Waals surface area contributed by atoms with Crippen LogP contribution in [0.2, 0.25) is 0 Å². The van der Waals surface area contributed by atoms with Crippen LogP contribution >= 0.6 is 11.8 Å². The van der Waals surface area contributed by atoms with E-state index in [0.29, 0.717) is 27.3 Å². The fourth-order valence-corrected chi connectivity index (χ4v) is 3.79. The van der Waals surface area contributed by atoms with Crippen LogP contribution in [0.25, 0.3) is 6.08 Å². The lowest BCUT2D eigenvalue weighted by atomic mass is 10.1. The van der Waals surface area contributed by atoms with Gasteiger partial charge in [-0.05, 0) is 61.5 Å². The number of aliphatic imine (C=N–C) groups is 1. The van der Waals surface area contributed by atoms with Gasteiger partial charge in [-0.3, -0.25) is 15.2 Å². The molecule has 0 atom stereocenters. The summed E-state index contributed by atoms with van der Waals surface area (Å²) in [5, 5.41) is 15.4. The minimum absolute atomic E-state index is 0.00378. The second kappa shape index (κ2) is 8.11. The summed E-state index contributed by atoms with van der Waals surface area (Å²) in [5.74, 6) is 0.656. The predicted octanol–water partition coefficient (Wildman–Crippen LogP) is 3.54. The Morgan fingerprint density at radius 3 is 2.63 bits per heavy atom. The average Bonchev–Trinajstić information content (AvgIpc) is 3.16. The van der Waals surface area contributed by atoms with Crippen molar-refractivity contribution in [2.24, 2.45) is 10.1 Å². The summed E-state index contributed by atoms with van der Waals surface area (Å²) in [5.41, 5.74) is 1.70. The SMILES string of the molecule is COc1cc(C=C2C(=N)N3N=C(c4ccncc4)SC3=NC2=O)ccc1OC(C)C. The van der Waals surface area contributed by atoms with Gasteiger partial charge < -0.3 is 9.47 Å². The molecule has 152 valence electrons. The molecule has 4 rings (SSSR count). The average molecular weight is 421 g/mol. The topological polar surface area (TPSA) is 100 Å². The van der Waals surface area contributed by atoms with Crippen molar-refractivity contribution in [1.82, 2.24) is 9.99 Å². The molecule has 1 aromatic carbocycles. The minimum Gasteiger partial charge on any atom is -0.493 e. The normalized spacial score (nSPS) is 17.2. The molecule has 0 spiro atoms. The van der Waals surface area contributed by atoms with E-state index in [4.69, 9.17) is 14.9 Å². The first-order chi connectivity index (χ1) is 14.5. The number of amides is 1. The number of amidine groups is 2. The number of carbonyl (C=O) groups excluding carboxylic acids is 1. The highest BCUT2D eigenvalue weighted by molar-refractivity contribution is 8.27. The van der Waals surface area contributed by atoms with Gasteiger partial charge in [0, 0.05) is 18.0 Å². The number of benzene rings is 1. The van der Waals surface area contributed by atoms with Crippen molar-refractivity contribution in [3.63, 3.8) is 0 Å². The maximum atomic E-state index is 12.6. The van der Waals surface area contributed by atoms with Crippen LogP contribution in [0.5, 0.6) is 11.5 Å². The quantitative estimate of drug-likeness (QED) is 0.741. The van der Waals surface area contributed by atoms with E-state index in [1.54, 1.807) is 43.8 Å². The second-order valence-corrected chi connectivity index (χ2v) is 7.69. The zero-order valence-electron chi connectivity index (χ0n) is 16.6. The number of nitrogens with zero attached hydrogens (tertiary/aromatic N) is 4. The third-order valence-electron chi connectivity index (χ3n) is 4.24. The molecular formula is C21H19N5O3S. The molecule has 1 aromatic heterocycles. The number of fused-ring (bicyclic) bond motifs is 1. The van der Waals surface area contributed by atoms with Gasteiger partial charge in [0.25, 0.3) is 5.91 Å². The van der Waals surface area contributed by atoms with Gasteiger partial charge in [-0.2, -0.15) is 15.1 Å². The number of carbonyl (C=O) groups is 1. The van der Waals surface area contributed by atoms with E-state index >= 15 is 0 Å². The molecule has 0 unspecified atom stereocenters. The smallest absolute Gasteiger partial charge is 0.283 e. The van der Waals surface area contributed by atoms with Crippen LogP contribution in [0.4, 0.5) is 0 Å². The lowest BCUT2D eigenvalue weighted by Gasteiger charge is -2.20. The monoisotopic (exact) mass is 421 g/mol. The molecule has 9 heteroatoms. The molecule has 0 bridgehead atoms. The number of aromatic nitrogens is 1. The lowest BCUT2D eigenvalue weighted by molar-refractivity contribution is -0.114. The summed E-state index contributed by atoms with van der Waals surface area (Å²) < 4.78 is 11.1. The number of ether oxygens (including phenoxy) is 2. The molecule has 1 amide bonds. The molecule has 2 aliphatic heterocycles. The van der Waals surface area contributed by atoms with Crippen LogP contribution in [0, 0.1) is 5.41 Å². The lowest BCUT2D eigenvalue weighted by Crippen LogP contribution is -2.35. The standard InChI is InChI=1S/C21H19N5O3S/c1-12(2)29-16-5-4-13(11-17(16)28-3)10-15-18(22)26-21(24-19(15)27)30-20(25-26)14-6-8-23-9-7-14/h4-12,22H,1-3H3. The van der Waals surface area contributed by atoms with Crippen LogP contribution in [0.15, 0.2) is 58.4 Å². The van der Waals surface area contributed by atoms with Gasteiger partial charge in [-0.15, -0.1) is 0 Å². The van der Waals surface area contributed by atoms with E-state index in [1.807, 2.05) is 26.0 Å². The zero-order valence-corrected chi connectivity index (χ0v) is 17.4. The number of methoxy groups -OCH3 is 1. The second-order valence-electron chi connectivity index (χ2n) is 6.74. The van der Waals surface area contributed by atoms with E-state index in [-0.39, 0.29) is 17.5 Å². The Morgan fingerprint density at radius 1 is 1.17 bits per heavy atom. The fourth-order valence-electron chi connectivity index (χ4n) is 2.90. The molecule has 0 fully saturated rings. The molecular weight excluding hydrogens is 402 g/mol. The minimum atomic E-state index is -0.480. The third-order valence-corrected chi connectivity index (χ3v) is 5.20. The third kappa shape index (κ3) is 3.84. The summed E-state index contributed by atoms with van der Waals surface area (Å²) in [7, 11) is 1.56. The molecule has 3 heterocycles. The highest BCUT2D eigenvalue weighted by atomic mass is 32.2. The van der Waals surface area contributed by atoms with Gasteiger partial charge in [0.1, 0.15) is 5.04 Å². The van der Waals surface area contributed by atoms with Gasteiger partial charge >= 0.3 is 0 Å². The Bertz CT molecular complexity index is 1110. The van der Waals surface area contributed by atoms with Crippen LogP contribution < -0.4 is 9.47 Å². The van der Waals surface area contributed by atoms with E-state index < -0.39 is 5.91 Å². The molecule has 0 aliphatic carbocycles. The van der Waals surface area contributed by atoms with Gasteiger partial charge in [0.05, 0.1) is 18.8 Å². The Hall–Kier alpha value is -3.46. The molecule has 8 nitrogen and oxygen atoms in total. The molecule has 30 heavy (non-hydrogen) atoms. The zero-order chi connectivity index (χ0) is 21.3. The summed E-state index contributed by atoms with van der Waals surface area (Å²) in [6.07, 6.45) is 4.94. The van der Waals surface area contributed by atoms with Crippen LogP contribution in [0.3, 0.4) is 0 Å². The van der Waals surface area contributed by atoms with Crippen LogP contribution in [-0.2, 0) is 4.79 Å². The van der Waals surface area contributed by atoms with Crippen molar-refractivity contribution in [2.45, 2.75) is 20.0 Å². The Labute approximate surface area is 177 Å². The number of hydrazone groups is 1. The molecule has 2 aromatic rings. The summed E-state index contributed by atoms with van der Waals surface area (Å²) in [4.78, 5) is 20.7. The van der Waals surface area contributed by atoms with E-state index in [1.165, 1.54) is 16.8 Å². The number of thioether (sulfide) groups is 1. The molecule has 1 N–H and O–H groups in total. The van der Waals surface area contributed by atoms with Crippen LogP contribution in [-0.4, -0.2) is 45.2 Å². The van der Waals surface area contributed by atoms with Gasteiger partial charge in [-0.1, -0.05) is 6.07 Å². The maximum absolute atomic E-state index is 12.6. The first kappa shape index (κ1) is 19.8. The van der Waals surface area contributed by atoms with Gasteiger partial charge in [0.15, 0.2) is 17.3 Å². The largest absolute Gasteiger partial charge is 0.493 e. The van der Waals surface area contributed by atoms with Crippen molar-refractivity contribution in [1.29, 1.82) is 5.41 Å². The number of nitrogens with one attached hydrogen (secondary N) is 1. The maximum Gasteiger partial charge on any atom is 0.283 e. The van der Waals surface area contributed by atoms with Crippen molar-refractivity contribution >= 4 is 39.8 Å². The van der Waals surface area contributed by atoms with Gasteiger partial charge in [-0.25, -0.2) is 0 Å². The van der Waals surface area contributed by atoms with Crippen molar-refractivity contribution in [3.8, 4) is 11.5 Å². The van der Waals surface area contributed by atoms with E-state index in [0.717, 1.165) is 5.56 Å². The first-order valence-corrected chi connectivity index (χ1v) is 10.0. The van der Waals surface area contributed by atoms with Crippen molar-refractivity contribution in [2.75, 3.05) is 7.11 Å². The van der Waals surface area contributed by atoms with Crippen LogP contribution in [0.1, 0.15) is 25.0 Å².